The number of benzene rings is 1. The first kappa shape index (κ1) is 25.9. The Balaban J connectivity index is 0.999. The molecule has 3 aliphatic rings. The van der Waals surface area contributed by atoms with Crippen LogP contribution in [0, 0.1) is 5.92 Å². The summed E-state index contributed by atoms with van der Waals surface area (Å²) in [6.45, 7) is 8.09. The topological polar surface area (TPSA) is 91.7 Å². The van der Waals surface area contributed by atoms with E-state index in [1.807, 2.05) is 12.1 Å². The number of nitrogens with one attached hydrogen (secondary N) is 1. The van der Waals surface area contributed by atoms with Gasteiger partial charge in [0.2, 0.25) is 5.91 Å². The predicted molar refractivity (Wildman–Crippen MR) is 152 cm³/mol. The SMILES string of the molecule is COc1ccc(N2CCN(CCNC(=O)[C@H]3CCCN(c4ncnc5c4nc4n5CCCCC4)C3)CC2)cc1. The van der Waals surface area contributed by atoms with Gasteiger partial charge in [-0.15, -0.1) is 0 Å². The highest BCUT2D eigenvalue weighted by molar-refractivity contribution is 5.85. The van der Waals surface area contributed by atoms with Crippen molar-refractivity contribution in [3.05, 3.63) is 36.4 Å². The first-order valence-electron chi connectivity index (χ1n) is 14.5. The van der Waals surface area contributed by atoms with Crippen LogP contribution in [0.3, 0.4) is 0 Å². The van der Waals surface area contributed by atoms with Gasteiger partial charge in [0.05, 0.1) is 13.0 Å². The average molecular weight is 533 g/mol. The molecule has 208 valence electrons. The van der Waals surface area contributed by atoms with Crippen molar-refractivity contribution in [2.75, 3.05) is 69.3 Å². The molecule has 0 spiro atoms. The maximum Gasteiger partial charge on any atom is 0.224 e. The molecule has 0 saturated carbocycles. The second-order valence-electron chi connectivity index (χ2n) is 11.0. The van der Waals surface area contributed by atoms with Gasteiger partial charge in [0, 0.05) is 71.0 Å². The van der Waals surface area contributed by atoms with Crippen molar-refractivity contribution in [3.63, 3.8) is 0 Å². The number of amides is 1. The number of piperidine rings is 1. The Morgan fingerprint density at radius 1 is 0.974 bits per heavy atom. The Morgan fingerprint density at radius 2 is 1.82 bits per heavy atom. The number of anilines is 2. The standard InChI is InChI=1S/C29H40N8O2/c1-39-24-10-8-23(9-11-24)35-18-16-34(17-19-35)15-12-30-29(38)22-6-5-13-36(20-22)27-26-28(32-21-31-27)37-14-4-2-3-7-25(37)33-26/h8-11,21-22H,2-7,12-20H2,1H3,(H,30,38)/t22-/m0/s1. The number of rotatable bonds is 7. The van der Waals surface area contributed by atoms with Gasteiger partial charge in [-0.25, -0.2) is 15.0 Å². The fourth-order valence-corrected chi connectivity index (χ4v) is 6.24. The summed E-state index contributed by atoms with van der Waals surface area (Å²) in [6.07, 6.45) is 8.14. The van der Waals surface area contributed by atoms with E-state index in [1.54, 1.807) is 13.4 Å². The molecule has 1 aromatic carbocycles. The summed E-state index contributed by atoms with van der Waals surface area (Å²) in [5, 5.41) is 3.22. The summed E-state index contributed by atoms with van der Waals surface area (Å²) in [5.41, 5.74) is 3.07. The number of piperazine rings is 1. The molecule has 10 heteroatoms. The van der Waals surface area contributed by atoms with Crippen LogP contribution in [0.4, 0.5) is 11.5 Å². The number of ether oxygens (including phenoxy) is 1. The Morgan fingerprint density at radius 3 is 2.64 bits per heavy atom. The minimum Gasteiger partial charge on any atom is -0.497 e. The van der Waals surface area contributed by atoms with Crippen LogP contribution >= 0.6 is 0 Å². The minimum atomic E-state index is -0.0314. The van der Waals surface area contributed by atoms with Gasteiger partial charge in [0.15, 0.2) is 17.0 Å². The molecule has 39 heavy (non-hydrogen) atoms. The Kier molecular flexibility index (Phi) is 7.81. The van der Waals surface area contributed by atoms with Crippen LogP contribution in [0.5, 0.6) is 5.75 Å². The normalized spacial score (nSPS) is 20.5. The molecule has 2 saturated heterocycles. The Bertz CT molecular complexity index is 1270. The third-order valence-electron chi connectivity index (χ3n) is 8.50. The maximum absolute atomic E-state index is 13.1. The van der Waals surface area contributed by atoms with Crippen molar-refractivity contribution in [2.24, 2.45) is 5.92 Å². The van der Waals surface area contributed by atoms with Crippen LogP contribution in [0.15, 0.2) is 30.6 Å². The number of hydrogen-bond donors (Lipinski definition) is 1. The number of nitrogens with zero attached hydrogens (tertiary/aromatic N) is 7. The average Bonchev–Trinajstić information content (AvgIpc) is 3.18. The predicted octanol–water partition coefficient (Wildman–Crippen LogP) is 2.72. The van der Waals surface area contributed by atoms with Gasteiger partial charge >= 0.3 is 0 Å². The monoisotopic (exact) mass is 532 g/mol. The highest BCUT2D eigenvalue weighted by Gasteiger charge is 2.29. The van der Waals surface area contributed by atoms with E-state index < -0.39 is 0 Å². The quantitative estimate of drug-likeness (QED) is 0.497. The largest absolute Gasteiger partial charge is 0.497 e. The zero-order valence-electron chi connectivity index (χ0n) is 23.0. The molecule has 1 amide bonds. The molecule has 2 aromatic heterocycles. The lowest BCUT2D eigenvalue weighted by Gasteiger charge is -2.36. The van der Waals surface area contributed by atoms with E-state index in [4.69, 9.17) is 9.72 Å². The summed E-state index contributed by atoms with van der Waals surface area (Å²) >= 11 is 0. The van der Waals surface area contributed by atoms with Crippen LogP contribution in [-0.4, -0.2) is 89.8 Å². The van der Waals surface area contributed by atoms with E-state index in [2.05, 4.69) is 46.7 Å². The molecule has 1 atom stereocenters. The van der Waals surface area contributed by atoms with E-state index >= 15 is 0 Å². The first-order valence-corrected chi connectivity index (χ1v) is 14.5. The molecule has 6 rings (SSSR count). The fourth-order valence-electron chi connectivity index (χ4n) is 6.24. The lowest BCUT2D eigenvalue weighted by atomic mass is 9.97. The van der Waals surface area contributed by atoms with Crippen LogP contribution in [0.2, 0.25) is 0 Å². The number of methoxy groups -OCH3 is 1. The summed E-state index contributed by atoms with van der Waals surface area (Å²) in [7, 11) is 1.69. The lowest BCUT2D eigenvalue weighted by Crippen LogP contribution is -2.49. The van der Waals surface area contributed by atoms with E-state index in [9.17, 15) is 4.79 Å². The number of fused-ring (bicyclic) bond motifs is 3. The number of aryl methyl sites for hydroxylation is 2. The van der Waals surface area contributed by atoms with Crippen LogP contribution < -0.4 is 19.9 Å². The lowest BCUT2D eigenvalue weighted by molar-refractivity contribution is -0.125. The van der Waals surface area contributed by atoms with Crippen molar-refractivity contribution in [1.82, 2.24) is 29.7 Å². The summed E-state index contributed by atoms with van der Waals surface area (Å²) in [5.74, 6) is 3.02. The highest BCUT2D eigenvalue weighted by Crippen LogP contribution is 2.29. The fraction of sp³-hybridized carbons (Fsp3) is 0.586. The van der Waals surface area contributed by atoms with Crippen molar-refractivity contribution in [3.8, 4) is 5.75 Å². The van der Waals surface area contributed by atoms with E-state index in [-0.39, 0.29) is 11.8 Å². The maximum atomic E-state index is 13.1. The minimum absolute atomic E-state index is 0.0314. The highest BCUT2D eigenvalue weighted by atomic mass is 16.5. The van der Waals surface area contributed by atoms with E-state index in [0.29, 0.717) is 13.1 Å². The summed E-state index contributed by atoms with van der Waals surface area (Å²) < 4.78 is 7.55. The molecular formula is C29H40N8O2. The Labute approximate surface area is 230 Å². The third kappa shape index (κ3) is 5.66. The zero-order chi connectivity index (χ0) is 26.6. The van der Waals surface area contributed by atoms with Crippen molar-refractivity contribution in [1.29, 1.82) is 0 Å². The van der Waals surface area contributed by atoms with Gasteiger partial charge < -0.3 is 24.4 Å². The van der Waals surface area contributed by atoms with Gasteiger partial charge in [-0.1, -0.05) is 6.42 Å². The van der Waals surface area contributed by atoms with E-state index in [1.165, 1.54) is 24.9 Å². The molecule has 3 aromatic rings. The summed E-state index contributed by atoms with van der Waals surface area (Å²) in [6, 6.07) is 8.27. The third-order valence-corrected chi connectivity index (χ3v) is 8.50. The summed E-state index contributed by atoms with van der Waals surface area (Å²) in [4.78, 5) is 34.4. The first-order chi connectivity index (χ1) is 19.2. The zero-order valence-corrected chi connectivity index (χ0v) is 23.0. The second kappa shape index (κ2) is 11.8. The molecule has 3 aliphatic heterocycles. The number of imidazole rings is 1. The van der Waals surface area contributed by atoms with Crippen LogP contribution in [0.1, 0.15) is 37.9 Å². The molecule has 2 fully saturated rings. The van der Waals surface area contributed by atoms with E-state index in [0.717, 1.165) is 93.6 Å². The van der Waals surface area contributed by atoms with Gasteiger partial charge in [0.25, 0.3) is 0 Å². The smallest absolute Gasteiger partial charge is 0.224 e. The van der Waals surface area contributed by atoms with Crippen molar-refractivity contribution >= 4 is 28.6 Å². The molecule has 10 nitrogen and oxygen atoms in total. The van der Waals surface area contributed by atoms with Gasteiger partial charge in [0.1, 0.15) is 17.9 Å². The van der Waals surface area contributed by atoms with Crippen LogP contribution in [-0.2, 0) is 17.8 Å². The molecular weight excluding hydrogens is 492 g/mol. The Hall–Kier alpha value is -3.40. The number of carbonyl (C=O) groups excluding carboxylic acids is 1. The van der Waals surface area contributed by atoms with Gasteiger partial charge in [-0.05, 0) is 49.9 Å². The molecule has 0 aliphatic carbocycles. The molecule has 0 radical (unpaired) electrons. The molecule has 0 unspecified atom stereocenters. The van der Waals surface area contributed by atoms with Crippen molar-refractivity contribution in [2.45, 2.75) is 45.1 Å². The second-order valence-corrected chi connectivity index (χ2v) is 11.0. The van der Waals surface area contributed by atoms with Gasteiger partial charge in [-0.2, -0.15) is 0 Å². The number of aromatic nitrogens is 4. The number of hydrogen-bond acceptors (Lipinski definition) is 8. The molecule has 1 N–H and O–H groups in total. The van der Waals surface area contributed by atoms with Crippen LogP contribution in [0.25, 0.3) is 11.2 Å². The van der Waals surface area contributed by atoms with Gasteiger partial charge in [-0.3, -0.25) is 9.69 Å². The molecule has 0 bridgehead atoms. The molecule has 5 heterocycles. The van der Waals surface area contributed by atoms with Crippen molar-refractivity contribution < 1.29 is 9.53 Å². The number of carbonyl (C=O) groups is 1.